The third-order valence-corrected chi connectivity index (χ3v) is 2.76. The summed E-state index contributed by atoms with van der Waals surface area (Å²) in [4.78, 5) is 0. The molecule has 0 amide bonds. The summed E-state index contributed by atoms with van der Waals surface area (Å²) in [6, 6.07) is 0. The summed E-state index contributed by atoms with van der Waals surface area (Å²) < 4.78 is 13.7. The maximum absolute atomic E-state index is 8.73. The Morgan fingerprint density at radius 2 is 0.615 bits per heavy atom. The molecule has 0 saturated carbocycles. The van der Waals surface area contributed by atoms with Crippen molar-refractivity contribution in [1.82, 2.24) is 0 Å². The van der Waals surface area contributed by atoms with Gasteiger partial charge in [-0.15, -0.1) is 0 Å². The average Bonchev–Trinajstić information content (AvgIpc) is 3.55. The summed E-state index contributed by atoms with van der Waals surface area (Å²) in [6.07, 6.45) is 2.62. The van der Waals surface area contributed by atoms with Crippen LogP contribution in [0.5, 0.6) is 0 Å². The smallest absolute Gasteiger partial charge is 0.143 e. The van der Waals surface area contributed by atoms with Crippen molar-refractivity contribution >= 4 is 0 Å². The summed E-state index contributed by atoms with van der Waals surface area (Å²) in [6.45, 7) is 1.30. The van der Waals surface area contributed by atoms with E-state index in [0.29, 0.717) is 25.0 Å². The number of rotatable bonds is 9. The summed E-state index contributed by atoms with van der Waals surface area (Å²) in [5.41, 5.74) is 0. The summed E-state index contributed by atoms with van der Waals surface area (Å²) in [5, 5.41) is 63.5. The molecule has 348 valence electrons. The van der Waals surface area contributed by atoms with Crippen LogP contribution in [-0.4, -0.2) is 120 Å². The Balaban J connectivity index is -0.00000000483. The van der Waals surface area contributed by atoms with Crippen molar-refractivity contribution in [2.75, 3.05) is 60.3 Å². The molecule has 2 fully saturated rings. The Morgan fingerprint density at radius 3 is 0.673 bits per heavy atom. The fraction of sp³-hybridized carbons (Fsp3) is 0.973. The van der Waals surface area contributed by atoms with Gasteiger partial charge >= 0.3 is 0 Å². The number of ether oxygens (including phenoxy) is 3. The number of aliphatic hydroxyl groups is 8. The maximum atomic E-state index is 8.73. The molecule has 52 heavy (non-hydrogen) atoms. The predicted octanol–water partition coefficient (Wildman–Crippen LogP) is 10.3. The molecule has 2 unspecified atom stereocenters. The minimum Gasteiger partial charge on any atom is -0.396 e. The normalized spacial score (nSPS) is 9.58. The van der Waals surface area contributed by atoms with E-state index in [0.717, 1.165) is 26.1 Å². The van der Waals surface area contributed by atoms with Gasteiger partial charge in [-0.3, -0.25) is 0 Å². The van der Waals surface area contributed by atoms with E-state index >= 15 is 0 Å². The molecule has 2 aliphatic heterocycles. The molecule has 0 aromatic rings. The minimum absolute atomic E-state index is 0. The molecule has 0 bridgehead atoms. The molecule has 2 atom stereocenters. The van der Waals surface area contributed by atoms with E-state index < -0.39 is 12.9 Å². The number of hydrogen-bond donors (Lipinski definition) is 8. The molecule has 2 heterocycles. The van der Waals surface area contributed by atoms with Crippen molar-refractivity contribution in [2.24, 2.45) is 0 Å². The molecule has 8 N–H and O–H groups in total. The van der Waals surface area contributed by atoms with Gasteiger partial charge in [-0.25, -0.2) is 0 Å². The molecule has 0 aromatic carbocycles. The van der Waals surface area contributed by atoms with Gasteiger partial charge in [0.25, 0.3) is 0 Å². The second-order valence-corrected chi connectivity index (χ2v) is 5.17. The fourth-order valence-electron chi connectivity index (χ4n) is 1.20. The topological polar surface area (TPSA) is 196 Å². The molecule has 2 aliphatic rings. The van der Waals surface area contributed by atoms with Crippen molar-refractivity contribution in [1.29, 1.82) is 0 Å². The van der Waals surface area contributed by atoms with Crippen LogP contribution in [0.3, 0.4) is 0 Å². The Labute approximate surface area is 440 Å². The van der Waals surface area contributed by atoms with Gasteiger partial charge in [0.15, 0.2) is 0 Å². The third-order valence-electron chi connectivity index (χ3n) is 2.76. The standard InChI is InChI=1S/C5H12O3.2C4H8O2.C2H6O2.CH4O2.20CH4.CH3.4Y/c6-3-1-5(8)2-4-7;2*5-2-1-4-3-6-4;1-4-2-3;2-1-3;;;;;;;;;;;;;;;;;;;;;;;;;/h5-8H,1-4H2;2*4-5H,1-3H2;3H,2H2,1H3;2-3H,1H2;20*1H4;1H3;;;;/q;;;;;;;;;;;;;;;;;;;;;;;;;-1;;;;. The number of epoxide rings is 2. The van der Waals surface area contributed by atoms with Crippen molar-refractivity contribution in [3.63, 3.8) is 0 Å². The number of methoxy groups -OCH3 is 1. The third kappa shape index (κ3) is 287. The van der Waals surface area contributed by atoms with E-state index in [1.165, 1.54) is 7.11 Å². The molecule has 2 saturated heterocycles. The second kappa shape index (κ2) is 205. The predicted molar refractivity (Wildman–Crippen MR) is 237 cm³/mol. The molecule has 15 heteroatoms. The van der Waals surface area contributed by atoms with Crippen LogP contribution < -0.4 is 0 Å². The molecule has 0 spiro atoms. The molecule has 2 rings (SSSR count). The zero-order valence-corrected chi connectivity index (χ0v) is 30.7. The van der Waals surface area contributed by atoms with Gasteiger partial charge < -0.3 is 62.5 Å². The Kier molecular flexibility index (Phi) is 851. The van der Waals surface area contributed by atoms with Crippen molar-refractivity contribution in [2.45, 2.75) is 193 Å². The SMILES string of the molecule is C.C.C.C.C.C.C.C.C.C.C.C.C.C.C.C.C.C.C.C.COCO.OCCC(O)CCO.OCCC1CO1.OCCC1CO1.OCO.[CH3-].[Y].[Y].[Y].[Y]. The monoisotopic (exact) mass is 1100 g/mol. The van der Waals surface area contributed by atoms with E-state index in [1.54, 1.807) is 0 Å². The first-order valence-corrected chi connectivity index (χ1v) is 8.67. The van der Waals surface area contributed by atoms with E-state index in [-0.39, 0.29) is 320 Å². The van der Waals surface area contributed by atoms with Crippen LogP contribution >= 0.6 is 0 Å². The molecular weight excluding hydrogens is 976 g/mol. The zero-order valence-electron chi connectivity index (χ0n) is 19.3. The Hall–Kier alpha value is 3.98. The quantitative estimate of drug-likeness (QED) is 0.0622. The maximum Gasteiger partial charge on any atom is 0.143 e. The van der Waals surface area contributed by atoms with E-state index in [4.69, 9.17) is 50.3 Å². The van der Waals surface area contributed by atoms with Crippen LogP contribution in [0, 0.1) is 7.43 Å². The van der Waals surface area contributed by atoms with Gasteiger partial charge in [-0.2, -0.15) is 0 Å². The van der Waals surface area contributed by atoms with Gasteiger partial charge in [0.05, 0.1) is 31.5 Å². The molecular formula is C37H121O11Y4-. The Morgan fingerprint density at radius 1 is 0.462 bits per heavy atom. The van der Waals surface area contributed by atoms with Crippen LogP contribution in [0.15, 0.2) is 0 Å². The van der Waals surface area contributed by atoms with Gasteiger partial charge in [0.1, 0.15) is 13.6 Å². The second-order valence-electron chi connectivity index (χ2n) is 5.17. The van der Waals surface area contributed by atoms with Gasteiger partial charge in [-0.05, 0) is 25.7 Å². The van der Waals surface area contributed by atoms with Gasteiger partial charge in [0, 0.05) is 164 Å². The summed E-state index contributed by atoms with van der Waals surface area (Å²) >= 11 is 0. The van der Waals surface area contributed by atoms with Crippen LogP contribution in [-0.2, 0) is 145 Å². The zero-order chi connectivity index (χ0) is 21.3. The summed E-state index contributed by atoms with van der Waals surface area (Å²) in [5.74, 6) is 0. The van der Waals surface area contributed by atoms with Crippen molar-refractivity contribution in [3.05, 3.63) is 7.43 Å². The minimum atomic E-state index is -0.750. The van der Waals surface area contributed by atoms with Crippen LogP contribution in [0.4, 0.5) is 0 Å². The molecule has 11 nitrogen and oxygen atoms in total. The first kappa shape index (κ1) is 216. The van der Waals surface area contributed by atoms with Gasteiger partial charge in [-0.1, -0.05) is 149 Å². The van der Waals surface area contributed by atoms with E-state index in [9.17, 15) is 0 Å². The van der Waals surface area contributed by atoms with Crippen LogP contribution in [0.1, 0.15) is 174 Å². The number of hydrogen-bond acceptors (Lipinski definition) is 11. The molecule has 4 radical (unpaired) electrons. The van der Waals surface area contributed by atoms with E-state index in [1.807, 2.05) is 0 Å². The Bertz CT molecular complexity index is 248. The number of aliphatic hydroxyl groups excluding tert-OH is 7. The fourth-order valence-corrected chi connectivity index (χ4v) is 1.20. The summed E-state index contributed by atoms with van der Waals surface area (Å²) in [7, 11) is 1.43. The van der Waals surface area contributed by atoms with E-state index in [2.05, 4.69) is 4.74 Å². The van der Waals surface area contributed by atoms with Crippen molar-refractivity contribution < 1.29 is 186 Å². The first-order valence-electron chi connectivity index (χ1n) is 8.67. The van der Waals surface area contributed by atoms with Gasteiger partial charge in [0.2, 0.25) is 0 Å². The largest absolute Gasteiger partial charge is 0.396 e. The van der Waals surface area contributed by atoms with Crippen molar-refractivity contribution in [3.8, 4) is 0 Å². The average molecular weight is 1100 g/mol. The molecule has 0 aliphatic carbocycles. The first-order chi connectivity index (χ1) is 13.0. The van der Waals surface area contributed by atoms with Crippen LogP contribution in [0.2, 0.25) is 0 Å². The van der Waals surface area contributed by atoms with Crippen LogP contribution in [0.25, 0.3) is 0 Å². The molecule has 0 aromatic heterocycles.